The molecule has 1 saturated carbocycles. The van der Waals surface area contributed by atoms with Gasteiger partial charge in [0.2, 0.25) is 0 Å². The van der Waals surface area contributed by atoms with Gasteiger partial charge in [-0.1, -0.05) is 13.3 Å². The smallest absolute Gasteiger partial charge is 0.323 e. The van der Waals surface area contributed by atoms with Crippen LogP contribution in [0.4, 0.5) is 0 Å². The average Bonchev–Trinajstić information content (AvgIpc) is 2.84. The molecule has 0 aromatic heterocycles. The molecule has 110 valence electrons. The first-order valence-corrected chi connectivity index (χ1v) is 6.99. The van der Waals surface area contributed by atoms with Crippen LogP contribution in [0.25, 0.3) is 0 Å². The van der Waals surface area contributed by atoms with E-state index in [0.717, 1.165) is 12.8 Å². The van der Waals surface area contributed by atoms with Crippen molar-refractivity contribution in [2.75, 3.05) is 19.8 Å². The minimum absolute atomic E-state index is 0.0504. The van der Waals surface area contributed by atoms with Gasteiger partial charge in [-0.25, -0.2) is 0 Å². The van der Waals surface area contributed by atoms with Crippen molar-refractivity contribution in [3.8, 4) is 0 Å². The number of hydrogen-bond acceptors (Lipinski definition) is 5. The van der Waals surface area contributed by atoms with Gasteiger partial charge in [0.15, 0.2) is 5.41 Å². The summed E-state index contributed by atoms with van der Waals surface area (Å²) in [6.45, 7) is 5.71. The van der Waals surface area contributed by atoms with Gasteiger partial charge in [0, 0.05) is 6.61 Å². The fourth-order valence-corrected chi connectivity index (χ4v) is 3.04. The summed E-state index contributed by atoms with van der Waals surface area (Å²) in [7, 11) is 0. The minimum atomic E-state index is -1.23. The van der Waals surface area contributed by atoms with Crippen LogP contribution >= 0.6 is 0 Å². The molecule has 1 fully saturated rings. The molecule has 1 aliphatic carbocycles. The van der Waals surface area contributed by atoms with Crippen LogP contribution in [0.2, 0.25) is 0 Å². The summed E-state index contributed by atoms with van der Waals surface area (Å²) in [5.74, 6) is -1.35. The van der Waals surface area contributed by atoms with Gasteiger partial charge in [-0.3, -0.25) is 9.59 Å². The van der Waals surface area contributed by atoms with Crippen molar-refractivity contribution >= 4 is 11.9 Å². The average molecular weight is 272 g/mol. The molecule has 19 heavy (non-hydrogen) atoms. The zero-order valence-electron chi connectivity index (χ0n) is 12.0. The van der Waals surface area contributed by atoms with E-state index in [1.165, 1.54) is 0 Å². The lowest BCUT2D eigenvalue weighted by Crippen LogP contribution is -2.47. The van der Waals surface area contributed by atoms with Crippen molar-refractivity contribution in [2.45, 2.75) is 40.0 Å². The van der Waals surface area contributed by atoms with Crippen LogP contribution in [-0.4, -0.2) is 36.9 Å². The largest absolute Gasteiger partial charge is 0.465 e. The monoisotopic (exact) mass is 272 g/mol. The molecular weight excluding hydrogens is 248 g/mol. The van der Waals surface area contributed by atoms with Crippen molar-refractivity contribution < 1.29 is 24.2 Å². The highest BCUT2D eigenvalue weighted by atomic mass is 16.6. The van der Waals surface area contributed by atoms with E-state index in [4.69, 9.17) is 9.47 Å². The lowest BCUT2D eigenvalue weighted by Gasteiger charge is -2.33. The van der Waals surface area contributed by atoms with E-state index in [1.807, 2.05) is 6.92 Å². The van der Waals surface area contributed by atoms with E-state index in [9.17, 15) is 14.7 Å². The summed E-state index contributed by atoms with van der Waals surface area (Å²) in [4.78, 5) is 24.6. The quantitative estimate of drug-likeness (QED) is 0.586. The van der Waals surface area contributed by atoms with Gasteiger partial charge in [-0.05, 0) is 38.5 Å². The molecule has 0 bridgehead atoms. The van der Waals surface area contributed by atoms with E-state index in [1.54, 1.807) is 13.8 Å². The standard InChI is InChI=1S/C14H24O5/c1-4-18-12(16)14(13(17)19-5-2)8-6-7-11(14)10(3)9-15/h10-11,15H,4-9H2,1-3H3/t10-,11-/m1/s1. The Morgan fingerprint density at radius 1 is 1.26 bits per heavy atom. The fraction of sp³-hybridized carbons (Fsp3) is 0.857. The molecule has 0 aromatic rings. The van der Waals surface area contributed by atoms with Crippen molar-refractivity contribution in [1.29, 1.82) is 0 Å². The maximum Gasteiger partial charge on any atom is 0.323 e. The van der Waals surface area contributed by atoms with Crippen LogP contribution in [0.5, 0.6) is 0 Å². The third kappa shape index (κ3) is 2.91. The summed E-state index contributed by atoms with van der Waals surface area (Å²) >= 11 is 0. The van der Waals surface area contributed by atoms with Crippen LogP contribution in [0.3, 0.4) is 0 Å². The van der Waals surface area contributed by atoms with E-state index in [-0.39, 0.29) is 31.7 Å². The lowest BCUT2D eigenvalue weighted by molar-refractivity contribution is -0.177. The number of carbonyl (C=O) groups is 2. The number of aliphatic hydroxyl groups excluding tert-OH is 1. The predicted molar refractivity (Wildman–Crippen MR) is 69.3 cm³/mol. The van der Waals surface area contributed by atoms with Gasteiger partial charge in [-0.15, -0.1) is 0 Å². The predicted octanol–water partition coefficient (Wildman–Crippen LogP) is 1.53. The zero-order chi connectivity index (χ0) is 14.5. The summed E-state index contributed by atoms with van der Waals surface area (Å²) in [6, 6.07) is 0. The second kappa shape index (κ2) is 6.89. The van der Waals surface area contributed by atoms with Crippen molar-refractivity contribution in [2.24, 2.45) is 17.3 Å². The topological polar surface area (TPSA) is 72.8 Å². The van der Waals surface area contributed by atoms with Crippen molar-refractivity contribution in [3.05, 3.63) is 0 Å². The Hall–Kier alpha value is -1.10. The Bertz CT molecular complexity index is 308. The minimum Gasteiger partial charge on any atom is -0.465 e. The van der Waals surface area contributed by atoms with Gasteiger partial charge in [0.05, 0.1) is 13.2 Å². The molecule has 0 radical (unpaired) electrons. The number of ether oxygens (including phenoxy) is 2. The van der Waals surface area contributed by atoms with E-state index in [0.29, 0.717) is 6.42 Å². The lowest BCUT2D eigenvalue weighted by atomic mass is 9.72. The Kier molecular flexibility index (Phi) is 5.79. The van der Waals surface area contributed by atoms with Gasteiger partial charge >= 0.3 is 11.9 Å². The fourth-order valence-electron chi connectivity index (χ4n) is 3.04. The summed E-state index contributed by atoms with van der Waals surface area (Å²) in [5, 5.41) is 9.35. The first-order valence-electron chi connectivity index (χ1n) is 6.99. The highest BCUT2D eigenvalue weighted by Gasteiger charge is 2.58. The van der Waals surface area contributed by atoms with Crippen LogP contribution in [0.15, 0.2) is 0 Å². The molecule has 5 heteroatoms. The Balaban J connectivity index is 3.09. The van der Waals surface area contributed by atoms with Gasteiger partial charge in [0.1, 0.15) is 0 Å². The first kappa shape index (κ1) is 16.0. The third-order valence-electron chi connectivity index (χ3n) is 3.97. The molecule has 0 heterocycles. The van der Waals surface area contributed by atoms with Crippen molar-refractivity contribution in [3.63, 3.8) is 0 Å². The molecule has 0 saturated heterocycles. The molecule has 1 rings (SSSR count). The van der Waals surface area contributed by atoms with Crippen molar-refractivity contribution in [1.82, 2.24) is 0 Å². The van der Waals surface area contributed by atoms with Crippen LogP contribution < -0.4 is 0 Å². The van der Waals surface area contributed by atoms with E-state index in [2.05, 4.69) is 0 Å². The Morgan fingerprint density at radius 3 is 2.21 bits per heavy atom. The second-order valence-electron chi connectivity index (χ2n) is 5.07. The Morgan fingerprint density at radius 2 is 1.79 bits per heavy atom. The number of rotatable bonds is 6. The van der Waals surface area contributed by atoms with Crippen LogP contribution in [0, 0.1) is 17.3 Å². The molecule has 0 amide bonds. The van der Waals surface area contributed by atoms with E-state index < -0.39 is 17.4 Å². The second-order valence-corrected chi connectivity index (χ2v) is 5.07. The normalized spacial score (nSPS) is 22.8. The van der Waals surface area contributed by atoms with Crippen LogP contribution in [0.1, 0.15) is 40.0 Å². The highest BCUT2D eigenvalue weighted by Crippen LogP contribution is 2.49. The summed E-state index contributed by atoms with van der Waals surface area (Å²) in [6.07, 6.45) is 1.95. The highest BCUT2D eigenvalue weighted by molar-refractivity contribution is 6.00. The van der Waals surface area contributed by atoms with Gasteiger partial charge in [-0.2, -0.15) is 0 Å². The molecular formula is C14H24O5. The number of esters is 2. The number of carbonyl (C=O) groups excluding carboxylic acids is 2. The summed E-state index contributed by atoms with van der Waals surface area (Å²) < 4.78 is 10.2. The molecule has 5 nitrogen and oxygen atoms in total. The molecule has 1 N–H and O–H groups in total. The van der Waals surface area contributed by atoms with Gasteiger partial charge < -0.3 is 14.6 Å². The molecule has 1 aliphatic rings. The molecule has 0 spiro atoms. The van der Waals surface area contributed by atoms with Gasteiger partial charge in [0.25, 0.3) is 0 Å². The number of hydrogen-bond donors (Lipinski definition) is 1. The molecule has 2 atom stereocenters. The first-order chi connectivity index (χ1) is 9.04. The maximum absolute atomic E-state index is 12.3. The maximum atomic E-state index is 12.3. The third-order valence-corrected chi connectivity index (χ3v) is 3.97. The molecule has 0 aromatic carbocycles. The SMILES string of the molecule is CCOC(=O)C1(C(=O)OCC)CCC[C@@H]1[C@H](C)CO. The number of aliphatic hydroxyl groups is 1. The molecule has 0 unspecified atom stereocenters. The Labute approximate surface area is 114 Å². The molecule has 0 aliphatic heterocycles. The van der Waals surface area contributed by atoms with E-state index >= 15 is 0 Å². The summed E-state index contributed by atoms with van der Waals surface area (Å²) in [5.41, 5.74) is -1.23. The zero-order valence-corrected chi connectivity index (χ0v) is 12.0. The van der Waals surface area contributed by atoms with Crippen LogP contribution in [-0.2, 0) is 19.1 Å².